The van der Waals surface area contributed by atoms with Crippen LogP contribution in [0.15, 0.2) is 68.4 Å². The first-order chi connectivity index (χ1) is 15.5. The molecular weight excluding hydrogens is 490 g/mol. The fraction of sp³-hybridized carbons (Fsp3) is 0.100. The van der Waals surface area contributed by atoms with Gasteiger partial charge >= 0.3 is 0 Å². The van der Waals surface area contributed by atoms with Gasteiger partial charge in [0.05, 0.1) is 16.2 Å². The van der Waals surface area contributed by atoms with Crippen LogP contribution >= 0.6 is 46.5 Å². The molecule has 0 atom stereocenters. The Morgan fingerprint density at radius 2 is 1.88 bits per heavy atom. The van der Waals surface area contributed by atoms with Crippen LogP contribution in [0.25, 0.3) is 6.08 Å². The van der Waals surface area contributed by atoms with Gasteiger partial charge in [0.15, 0.2) is 8.68 Å². The SMILES string of the molecule is O=C(CSc1nnc(SCc2ccccc2Cl)s1)NN=CC=Cc1ccccc1[N+](=O)[O-]. The van der Waals surface area contributed by atoms with Gasteiger partial charge in [-0.2, -0.15) is 5.10 Å². The lowest BCUT2D eigenvalue weighted by Gasteiger charge is -2.00. The van der Waals surface area contributed by atoms with Gasteiger partial charge in [-0.3, -0.25) is 14.9 Å². The molecule has 0 aliphatic heterocycles. The van der Waals surface area contributed by atoms with Crippen molar-refractivity contribution >= 4 is 70.3 Å². The summed E-state index contributed by atoms with van der Waals surface area (Å²) in [5, 5.41) is 23.7. The Hall–Kier alpha value is -2.73. The topological polar surface area (TPSA) is 110 Å². The van der Waals surface area contributed by atoms with Gasteiger partial charge in [0, 0.05) is 23.1 Å². The number of hydrazone groups is 1. The summed E-state index contributed by atoms with van der Waals surface area (Å²) in [6, 6.07) is 14.0. The zero-order valence-electron chi connectivity index (χ0n) is 16.4. The summed E-state index contributed by atoms with van der Waals surface area (Å²) in [6.45, 7) is 0. The van der Waals surface area contributed by atoms with Crippen molar-refractivity contribution in [3.8, 4) is 0 Å². The summed E-state index contributed by atoms with van der Waals surface area (Å²) in [4.78, 5) is 22.4. The van der Waals surface area contributed by atoms with Gasteiger partial charge in [0.25, 0.3) is 11.6 Å². The molecule has 0 spiro atoms. The number of hydrogen-bond acceptors (Lipinski definition) is 9. The molecule has 164 valence electrons. The van der Waals surface area contributed by atoms with Crippen LogP contribution in [0.3, 0.4) is 0 Å². The van der Waals surface area contributed by atoms with Crippen LogP contribution in [0.1, 0.15) is 11.1 Å². The predicted octanol–water partition coefficient (Wildman–Crippen LogP) is 5.30. The molecule has 0 aliphatic rings. The van der Waals surface area contributed by atoms with Gasteiger partial charge in [0.1, 0.15) is 0 Å². The van der Waals surface area contributed by atoms with Crippen LogP contribution < -0.4 is 5.43 Å². The number of rotatable bonds is 10. The van der Waals surface area contributed by atoms with Gasteiger partial charge < -0.3 is 0 Å². The molecule has 1 heterocycles. The minimum absolute atomic E-state index is 0.000888. The lowest BCUT2D eigenvalue weighted by atomic mass is 10.2. The molecule has 3 rings (SSSR count). The summed E-state index contributed by atoms with van der Waals surface area (Å²) >= 11 is 10.4. The number of hydrogen-bond donors (Lipinski definition) is 1. The Kier molecular flexibility index (Phi) is 9.23. The van der Waals surface area contributed by atoms with Crippen molar-refractivity contribution in [1.82, 2.24) is 15.6 Å². The third-order valence-corrected chi connectivity index (χ3v) is 7.39. The number of aromatic nitrogens is 2. The van der Waals surface area contributed by atoms with Crippen LogP contribution in [-0.2, 0) is 10.5 Å². The molecule has 0 bridgehead atoms. The third kappa shape index (κ3) is 7.45. The van der Waals surface area contributed by atoms with Crippen molar-refractivity contribution in [2.45, 2.75) is 14.4 Å². The highest BCUT2D eigenvalue weighted by Gasteiger charge is 2.10. The number of allylic oxidation sites excluding steroid dienone is 1. The summed E-state index contributed by atoms with van der Waals surface area (Å²) in [6.07, 6.45) is 4.42. The standard InChI is InChI=1S/C20H16ClN5O3S3/c21-16-9-3-1-7-15(16)12-30-19-24-25-20(32-19)31-13-18(27)23-22-11-5-8-14-6-2-4-10-17(14)26(28)29/h1-11H,12-13H2,(H,23,27). The van der Waals surface area contributed by atoms with E-state index in [1.807, 2.05) is 24.3 Å². The van der Waals surface area contributed by atoms with E-state index in [0.29, 0.717) is 20.7 Å². The summed E-state index contributed by atoms with van der Waals surface area (Å²) in [7, 11) is 0. The van der Waals surface area contributed by atoms with E-state index in [2.05, 4.69) is 20.7 Å². The lowest BCUT2D eigenvalue weighted by molar-refractivity contribution is -0.385. The van der Waals surface area contributed by atoms with Crippen molar-refractivity contribution in [2.24, 2.45) is 5.10 Å². The number of carbonyl (C=O) groups is 1. The van der Waals surface area contributed by atoms with E-state index in [1.54, 1.807) is 24.3 Å². The molecule has 0 saturated carbocycles. The molecule has 0 fully saturated rings. The normalized spacial score (nSPS) is 11.3. The van der Waals surface area contributed by atoms with Gasteiger partial charge in [-0.25, -0.2) is 5.43 Å². The Bertz CT molecular complexity index is 1150. The van der Waals surface area contributed by atoms with Gasteiger partial charge in [0.2, 0.25) is 0 Å². The zero-order valence-corrected chi connectivity index (χ0v) is 19.6. The van der Waals surface area contributed by atoms with Gasteiger partial charge in [-0.15, -0.1) is 10.2 Å². The average molecular weight is 506 g/mol. The minimum atomic E-state index is -0.454. The van der Waals surface area contributed by atoms with Crippen molar-refractivity contribution in [3.05, 3.63) is 80.9 Å². The van der Waals surface area contributed by atoms with Crippen LogP contribution in [0.5, 0.6) is 0 Å². The molecule has 12 heteroatoms. The highest BCUT2D eigenvalue weighted by molar-refractivity contribution is 8.03. The lowest BCUT2D eigenvalue weighted by Crippen LogP contribution is -2.19. The number of nitro benzene ring substituents is 1. The van der Waals surface area contributed by atoms with Crippen molar-refractivity contribution in [2.75, 3.05) is 5.75 Å². The number of halogens is 1. The number of benzene rings is 2. The zero-order chi connectivity index (χ0) is 22.8. The molecule has 0 saturated heterocycles. The molecular formula is C20H16ClN5O3S3. The highest BCUT2D eigenvalue weighted by atomic mass is 35.5. The maximum absolute atomic E-state index is 11.9. The molecule has 1 aromatic heterocycles. The van der Waals surface area contributed by atoms with Crippen molar-refractivity contribution < 1.29 is 9.72 Å². The Labute approximate surface area is 201 Å². The van der Waals surface area contributed by atoms with Crippen LogP contribution in [-0.4, -0.2) is 33.0 Å². The summed E-state index contributed by atoms with van der Waals surface area (Å²) in [5.74, 6) is 0.522. The van der Waals surface area contributed by atoms with Crippen LogP contribution in [0, 0.1) is 10.1 Å². The molecule has 8 nitrogen and oxygen atoms in total. The molecule has 2 aromatic carbocycles. The highest BCUT2D eigenvalue weighted by Crippen LogP contribution is 2.32. The van der Waals surface area contributed by atoms with Crippen LogP contribution in [0.2, 0.25) is 5.02 Å². The smallest absolute Gasteiger partial charge is 0.272 e. The predicted molar refractivity (Wildman–Crippen MR) is 130 cm³/mol. The first kappa shape index (κ1) is 23.9. The van der Waals surface area contributed by atoms with E-state index in [1.165, 1.54) is 53.2 Å². The molecule has 0 unspecified atom stereocenters. The number of nitro groups is 1. The average Bonchev–Trinajstić information content (AvgIpc) is 3.25. The molecule has 1 N–H and O–H groups in total. The Morgan fingerprint density at radius 1 is 1.16 bits per heavy atom. The van der Waals surface area contributed by atoms with Crippen molar-refractivity contribution in [1.29, 1.82) is 0 Å². The van der Waals surface area contributed by atoms with E-state index >= 15 is 0 Å². The first-order valence-corrected chi connectivity index (χ1v) is 12.2. The fourth-order valence-electron chi connectivity index (χ4n) is 2.32. The van der Waals surface area contributed by atoms with E-state index in [-0.39, 0.29) is 17.3 Å². The second-order valence-corrected chi connectivity index (χ2v) is 9.82. The van der Waals surface area contributed by atoms with E-state index < -0.39 is 4.92 Å². The number of thioether (sulfide) groups is 2. The quantitative estimate of drug-likeness (QED) is 0.172. The number of nitrogens with one attached hydrogen (secondary N) is 1. The van der Waals surface area contributed by atoms with Gasteiger partial charge in [-0.05, 0) is 29.8 Å². The Balaban J connectivity index is 1.41. The number of para-hydroxylation sites is 1. The fourth-order valence-corrected chi connectivity index (χ4v) is 5.42. The molecule has 0 aliphatic carbocycles. The van der Waals surface area contributed by atoms with E-state index in [4.69, 9.17) is 11.6 Å². The second-order valence-electron chi connectivity index (χ2n) is 5.99. The molecule has 3 aromatic rings. The minimum Gasteiger partial charge on any atom is -0.272 e. The largest absolute Gasteiger partial charge is 0.276 e. The van der Waals surface area contributed by atoms with Crippen molar-refractivity contribution in [3.63, 3.8) is 0 Å². The maximum Gasteiger partial charge on any atom is 0.276 e. The first-order valence-electron chi connectivity index (χ1n) is 9.07. The maximum atomic E-state index is 11.9. The van der Waals surface area contributed by atoms with E-state index in [0.717, 1.165) is 9.90 Å². The second kappa shape index (κ2) is 12.3. The number of amides is 1. The van der Waals surface area contributed by atoms with E-state index in [9.17, 15) is 14.9 Å². The molecule has 0 radical (unpaired) electrons. The summed E-state index contributed by atoms with van der Waals surface area (Å²) in [5.41, 5.74) is 3.87. The Morgan fingerprint density at radius 3 is 2.66 bits per heavy atom. The number of carbonyl (C=O) groups excluding carboxylic acids is 1. The third-order valence-electron chi connectivity index (χ3n) is 3.78. The molecule has 1 amide bonds. The van der Waals surface area contributed by atoms with Crippen LogP contribution in [0.4, 0.5) is 5.69 Å². The number of nitrogens with zero attached hydrogens (tertiary/aromatic N) is 4. The molecule has 32 heavy (non-hydrogen) atoms. The monoisotopic (exact) mass is 505 g/mol. The van der Waals surface area contributed by atoms with Gasteiger partial charge in [-0.1, -0.05) is 76.8 Å². The summed E-state index contributed by atoms with van der Waals surface area (Å²) < 4.78 is 1.48.